The molecule has 1 aromatic carbocycles. The lowest BCUT2D eigenvalue weighted by Crippen LogP contribution is -2.39. The Morgan fingerprint density at radius 1 is 1.24 bits per heavy atom. The molecule has 0 bridgehead atoms. The zero-order valence-corrected chi connectivity index (χ0v) is 15.8. The number of hydrogen-bond donors (Lipinski definition) is 1. The van der Waals surface area contributed by atoms with Crippen LogP contribution in [0.3, 0.4) is 0 Å². The second-order valence-corrected chi connectivity index (χ2v) is 7.73. The Hall–Kier alpha value is -1.55. The first kappa shape index (κ1) is 18.2. The Labute approximate surface area is 154 Å². The predicted octanol–water partition coefficient (Wildman–Crippen LogP) is 3.94. The number of likely N-dealkylation sites (tertiary alicyclic amines) is 1. The highest BCUT2D eigenvalue weighted by Gasteiger charge is 2.39. The van der Waals surface area contributed by atoms with Crippen molar-refractivity contribution in [3.63, 3.8) is 0 Å². The van der Waals surface area contributed by atoms with Gasteiger partial charge in [-0.1, -0.05) is 37.6 Å². The molecular weight excluding hydrogens is 336 g/mol. The molecule has 1 saturated heterocycles. The number of hydrogen-bond acceptors (Lipinski definition) is 2. The molecule has 5 heteroatoms. The molecule has 1 N–H and O–H groups in total. The van der Waals surface area contributed by atoms with E-state index in [-0.39, 0.29) is 29.8 Å². The summed E-state index contributed by atoms with van der Waals surface area (Å²) in [5, 5.41) is 3.91. The van der Waals surface area contributed by atoms with Crippen molar-refractivity contribution in [2.24, 2.45) is 11.8 Å². The van der Waals surface area contributed by atoms with E-state index in [1.54, 1.807) is 0 Å². The van der Waals surface area contributed by atoms with Gasteiger partial charge >= 0.3 is 0 Å². The number of amides is 2. The van der Waals surface area contributed by atoms with Crippen LogP contribution in [0.4, 0.5) is 0 Å². The zero-order chi connectivity index (χ0) is 18.0. The first-order chi connectivity index (χ1) is 12.0. The van der Waals surface area contributed by atoms with Gasteiger partial charge in [0.15, 0.2) is 0 Å². The van der Waals surface area contributed by atoms with E-state index in [1.165, 1.54) is 0 Å². The van der Waals surface area contributed by atoms with E-state index >= 15 is 0 Å². The lowest BCUT2D eigenvalue weighted by molar-refractivity contribution is -0.130. The Morgan fingerprint density at radius 2 is 1.88 bits per heavy atom. The summed E-state index contributed by atoms with van der Waals surface area (Å²) >= 11 is 5.98. The van der Waals surface area contributed by atoms with Gasteiger partial charge in [-0.3, -0.25) is 9.59 Å². The van der Waals surface area contributed by atoms with Crippen LogP contribution in [0.25, 0.3) is 0 Å². The van der Waals surface area contributed by atoms with Crippen molar-refractivity contribution in [2.75, 3.05) is 6.54 Å². The van der Waals surface area contributed by atoms with Gasteiger partial charge in [0, 0.05) is 24.0 Å². The van der Waals surface area contributed by atoms with Crippen molar-refractivity contribution in [1.29, 1.82) is 0 Å². The number of rotatable bonds is 7. The average Bonchev–Trinajstić information content (AvgIpc) is 3.38. The van der Waals surface area contributed by atoms with Crippen LogP contribution in [0, 0.1) is 11.8 Å². The molecule has 0 radical (unpaired) electrons. The van der Waals surface area contributed by atoms with Crippen molar-refractivity contribution in [1.82, 2.24) is 10.2 Å². The standard InChI is InChI=1S/C20H27ClN2O2/c1-3-17(4-2)23-12-15(11-18(23)24)20(25)22-19(13-5-6-13)14-7-9-16(21)10-8-14/h7-10,13,15,17,19H,3-6,11-12H2,1-2H3,(H,22,25). The van der Waals surface area contributed by atoms with E-state index in [4.69, 9.17) is 11.6 Å². The highest BCUT2D eigenvalue weighted by molar-refractivity contribution is 6.30. The van der Waals surface area contributed by atoms with Gasteiger partial charge < -0.3 is 10.2 Å². The topological polar surface area (TPSA) is 49.4 Å². The maximum Gasteiger partial charge on any atom is 0.225 e. The Bertz CT molecular complexity index is 623. The number of nitrogens with one attached hydrogen (secondary N) is 1. The Morgan fingerprint density at radius 3 is 2.44 bits per heavy atom. The van der Waals surface area contributed by atoms with Crippen LogP contribution in [-0.2, 0) is 9.59 Å². The summed E-state index contributed by atoms with van der Waals surface area (Å²) in [4.78, 5) is 27.0. The van der Waals surface area contributed by atoms with E-state index < -0.39 is 0 Å². The summed E-state index contributed by atoms with van der Waals surface area (Å²) in [6, 6.07) is 7.99. The van der Waals surface area contributed by atoms with Gasteiger partial charge in [0.2, 0.25) is 11.8 Å². The van der Waals surface area contributed by atoms with Crippen LogP contribution in [0.1, 0.15) is 57.6 Å². The smallest absolute Gasteiger partial charge is 0.225 e. The minimum atomic E-state index is -0.235. The normalized spacial score (nSPS) is 21.7. The monoisotopic (exact) mass is 362 g/mol. The molecule has 3 rings (SSSR count). The summed E-state index contributed by atoms with van der Waals surface area (Å²) < 4.78 is 0. The van der Waals surface area contributed by atoms with E-state index in [2.05, 4.69) is 19.2 Å². The van der Waals surface area contributed by atoms with Crippen molar-refractivity contribution < 1.29 is 9.59 Å². The van der Waals surface area contributed by atoms with Crippen LogP contribution in [0.2, 0.25) is 5.02 Å². The number of carbonyl (C=O) groups excluding carboxylic acids is 2. The van der Waals surface area contributed by atoms with Crippen molar-refractivity contribution in [3.05, 3.63) is 34.9 Å². The van der Waals surface area contributed by atoms with Crippen LogP contribution in [0.5, 0.6) is 0 Å². The van der Waals surface area contributed by atoms with Crippen LogP contribution >= 0.6 is 11.6 Å². The average molecular weight is 363 g/mol. The molecule has 2 unspecified atom stereocenters. The third-order valence-electron chi connectivity index (χ3n) is 5.53. The quantitative estimate of drug-likeness (QED) is 0.798. The third kappa shape index (κ3) is 4.17. The fourth-order valence-corrected chi connectivity index (χ4v) is 3.96. The zero-order valence-electron chi connectivity index (χ0n) is 15.0. The first-order valence-corrected chi connectivity index (χ1v) is 9.76. The van der Waals surface area contributed by atoms with Gasteiger partial charge in [-0.2, -0.15) is 0 Å². The van der Waals surface area contributed by atoms with E-state index in [0.29, 0.717) is 23.9 Å². The van der Waals surface area contributed by atoms with Gasteiger partial charge in [-0.25, -0.2) is 0 Å². The first-order valence-electron chi connectivity index (χ1n) is 9.38. The molecule has 2 atom stereocenters. The molecule has 4 nitrogen and oxygen atoms in total. The minimum absolute atomic E-state index is 0.00801. The highest BCUT2D eigenvalue weighted by atomic mass is 35.5. The van der Waals surface area contributed by atoms with E-state index in [9.17, 15) is 9.59 Å². The van der Waals surface area contributed by atoms with Gasteiger partial charge in [0.25, 0.3) is 0 Å². The third-order valence-corrected chi connectivity index (χ3v) is 5.78. The lowest BCUT2D eigenvalue weighted by atomic mass is 10.0. The molecule has 0 aromatic heterocycles. The highest BCUT2D eigenvalue weighted by Crippen LogP contribution is 2.41. The lowest BCUT2D eigenvalue weighted by Gasteiger charge is -2.26. The number of benzene rings is 1. The van der Waals surface area contributed by atoms with Gasteiger partial charge in [-0.05, 0) is 49.3 Å². The second-order valence-electron chi connectivity index (χ2n) is 7.29. The molecule has 2 fully saturated rings. The van der Waals surface area contributed by atoms with Crippen molar-refractivity contribution >= 4 is 23.4 Å². The number of halogens is 1. The molecule has 2 aliphatic rings. The van der Waals surface area contributed by atoms with Gasteiger partial charge in [-0.15, -0.1) is 0 Å². The fourth-order valence-electron chi connectivity index (χ4n) is 3.83. The summed E-state index contributed by atoms with van der Waals surface area (Å²) in [5.74, 6) is 0.385. The molecule has 0 spiro atoms. The van der Waals surface area contributed by atoms with Crippen LogP contribution < -0.4 is 5.32 Å². The number of carbonyl (C=O) groups is 2. The molecule has 2 amide bonds. The Kier molecular flexibility index (Phi) is 5.67. The predicted molar refractivity (Wildman–Crippen MR) is 99.2 cm³/mol. The van der Waals surface area contributed by atoms with Crippen molar-refractivity contribution in [3.8, 4) is 0 Å². The molecule has 25 heavy (non-hydrogen) atoms. The maximum absolute atomic E-state index is 12.8. The summed E-state index contributed by atoms with van der Waals surface area (Å²) in [7, 11) is 0. The maximum atomic E-state index is 12.8. The molecular formula is C20H27ClN2O2. The molecule has 1 saturated carbocycles. The van der Waals surface area contributed by atoms with Crippen molar-refractivity contribution in [2.45, 2.75) is 58.0 Å². The number of nitrogens with zero attached hydrogens (tertiary/aromatic N) is 1. The Balaban J connectivity index is 1.66. The molecule has 136 valence electrons. The SMILES string of the molecule is CCC(CC)N1CC(C(=O)NC(c2ccc(Cl)cc2)C2CC2)CC1=O. The molecule has 1 aliphatic heterocycles. The minimum Gasteiger partial charge on any atom is -0.349 e. The van der Waals surface area contributed by atoms with Crippen LogP contribution in [0.15, 0.2) is 24.3 Å². The largest absolute Gasteiger partial charge is 0.349 e. The van der Waals surface area contributed by atoms with E-state index in [0.717, 1.165) is 31.2 Å². The van der Waals surface area contributed by atoms with Gasteiger partial charge in [0.1, 0.15) is 0 Å². The van der Waals surface area contributed by atoms with Gasteiger partial charge in [0.05, 0.1) is 12.0 Å². The molecule has 1 aliphatic carbocycles. The molecule has 1 aromatic rings. The fraction of sp³-hybridized carbons (Fsp3) is 0.600. The van der Waals surface area contributed by atoms with Crippen LogP contribution in [-0.4, -0.2) is 29.3 Å². The second kappa shape index (κ2) is 7.77. The molecule has 1 heterocycles. The summed E-state index contributed by atoms with van der Waals surface area (Å²) in [5.41, 5.74) is 1.10. The summed E-state index contributed by atoms with van der Waals surface area (Å²) in [6.45, 7) is 4.74. The summed E-state index contributed by atoms with van der Waals surface area (Å²) in [6.07, 6.45) is 4.48. The van der Waals surface area contributed by atoms with E-state index in [1.807, 2.05) is 29.2 Å².